The van der Waals surface area contributed by atoms with Crippen molar-refractivity contribution in [1.29, 1.82) is 0 Å². The smallest absolute Gasteiger partial charge is 0.0530 e. The lowest BCUT2D eigenvalue weighted by Crippen LogP contribution is -2.03. The van der Waals surface area contributed by atoms with Crippen LogP contribution in [-0.4, -0.2) is 0 Å². The van der Waals surface area contributed by atoms with Gasteiger partial charge in [0.15, 0.2) is 0 Å². The van der Waals surface area contributed by atoms with Crippen molar-refractivity contribution >= 4 is 27.3 Å². The van der Waals surface area contributed by atoms with E-state index in [1.54, 1.807) is 0 Å². The summed E-state index contributed by atoms with van der Waals surface area (Å²) < 4.78 is 0.924. The third kappa shape index (κ3) is 3.49. The molecule has 90 valence electrons. The van der Waals surface area contributed by atoms with Gasteiger partial charge in [-0.2, -0.15) is 0 Å². The number of halogens is 1. The molecule has 0 spiro atoms. The molecule has 0 amide bonds. The molecule has 0 unspecified atom stereocenters. The van der Waals surface area contributed by atoms with Gasteiger partial charge in [0.05, 0.1) is 5.69 Å². The van der Waals surface area contributed by atoms with E-state index in [0.29, 0.717) is 0 Å². The summed E-state index contributed by atoms with van der Waals surface area (Å²) in [6, 6.07) is 5.65. The Kier molecular flexibility index (Phi) is 4.58. The molecule has 1 aromatic rings. The molecule has 0 saturated carbocycles. The predicted octanol–water partition coefficient (Wildman–Crippen LogP) is 4.48. The maximum Gasteiger partial charge on any atom is 0.0530 e. The molecule has 3 N–H and O–H groups in total. The molecule has 0 fully saturated rings. The molecule has 1 aromatic carbocycles. The monoisotopic (exact) mass is 292 g/mol. The van der Waals surface area contributed by atoms with Gasteiger partial charge >= 0.3 is 0 Å². The minimum atomic E-state index is 0.726. The van der Waals surface area contributed by atoms with Gasteiger partial charge in [0.1, 0.15) is 0 Å². The van der Waals surface area contributed by atoms with Crippen LogP contribution in [0.15, 0.2) is 58.7 Å². The summed E-state index contributed by atoms with van der Waals surface area (Å²) in [6.45, 7) is 11.7. The minimum absolute atomic E-state index is 0.726. The van der Waals surface area contributed by atoms with Crippen molar-refractivity contribution in [1.82, 2.24) is 0 Å². The fourth-order valence-corrected chi connectivity index (χ4v) is 1.91. The number of nitrogen functional groups attached to an aromatic ring is 1. The van der Waals surface area contributed by atoms with E-state index in [1.807, 2.05) is 38.1 Å². The van der Waals surface area contributed by atoms with Gasteiger partial charge in [0, 0.05) is 15.9 Å². The fourth-order valence-electron chi connectivity index (χ4n) is 1.41. The van der Waals surface area contributed by atoms with E-state index in [4.69, 9.17) is 5.73 Å². The molecule has 0 atom stereocenters. The Morgan fingerprint density at radius 3 is 2.53 bits per heavy atom. The normalized spacial score (nSPS) is 11.7. The Hall–Kier alpha value is -1.48. The van der Waals surface area contributed by atoms with E-state index >= 15 is 0 Å². The molecule has 0 aliphatic carbocycles. The van der Waals surface area contributed by atoms with Crippen LogP contribution in [0.2, 0.25) is 0 Å². The number of hydrogen-bond donors (Lipinski definition) is 2. The van der Waals surface area contributed by atoms with Crippen molar-refractivity contribution in [2.24, 2.45) is 0 Å². The van der Waals surface area contributed by atoms with Crippen molar-refractivity contribution < 1.29 is 0 Å². The largest absolute Gasteiger partial charge is 0.399 e. The summed E-state index contributed by atoms with van der Waals surface area (Å²) in [6.07, 6.45) is 1.81. The van der Waals surface area contributed by atoms with Gasteiger partial charge in [-0.15, -0.1) is 0 Å². The molecule has 0 aliphatic heterocycles. The summed E-state index contributed by atoms with van der Waals surface area (Å²) in [5, 5.41) is 3.33. The second-order valence-electron chi connectivity index (χ2n) is 3.91. The van der Waals surface area contributed by atoms with Crippen LogP contribution >= 0.6 is 15.9 Å². The second-order valence-corrected chi connectivity index (χ2v) is 4.76. The number of nitrogens with one attached hydrogen (secondary N) is 1. The zero-order valence-electron chi connectivity index (χ0n) is 10.2. The zero-order valence-corrected chi connectivity index (χ0v) is 11.8. The molecule has 1 rings (SSSR count). The lowest BCUT2D eigenvalue weighted by molar-refractivity contribution is 1.28. The molecule has 0 heterocycles. The summed E-state index contributed by atoms with van der Waals surface area (Å²) in [5.41, 5.74) is 10.4. The quantitative estimate of drug-likeness (QED) is 0.634. The second kappa shape index (κ2) is 5.73. The van der Waals surface area contributed by atoms with Gasteiger partial charge in [-0.05, 0) is 59.1 Å². The first kappa shape index (κ1) is 13.6. The van der Waals surface area contributed by atoms with Gasteiger partial charge < -0.3 is 11.1 Å². The van der Waals surface area contributed by atoms with Crippen LogP contribution in [0.5, 0.6) is 0 Å². The third-order valence-electron chi connectivity index (χ3n) is 2.38. The topological polar surface area (TPSA) is 38.0 Å². The number of anilines is 2. The number of rotatable bonds is 4. The molecular formula is C14H17BrN2. The van der Waals surface area contributed by atoms with Crippen LogP contribution in [0.4, 0.5) is 11.4 Å². The highest BCUT2D eigenvalue weighted by Gasteiger charge is 2.05. The first-order valence-electron chi connectivity index (χ1n) is 5.27. The van der Waals surface area contributed by atoms with Crippen molar-refractivity contribution in [3.8, 4) is 0 Å². The zero-order chi connectivity index (χ0) is 13.0. The highest BCUT2D eigenvalue weighted by atomic mass is 79.9. The van der Waals surface area contributed by atoms with Crippen LogP contribution in [0.3, 0.4) is 0 Å². The summed E-state index contributed by atoms with van der Waals surface area (Å²) >= 11 is 3.48. The third-order valence-corrected chi connectivity index (χ3v) is 3.04. The molecule has 0 aromatic heterocycles. The first-order chi connectivity index (χ1) is 7.95. The Morgan fingerprint density at radius 2 is 2.06 bits per heavy atom. The van der Waals surface area contributed by atoms with Crippen molar-refractivity contribution in [2.45, 2.75) is 13.8 Å². The van der Waals surface area contributed by atoms with Gasteiger partial charge in [-0.3, -0.25) is 0 Å². The molecule has 3 heteroatoms. The van der Waals surface area contributed by atoms with Crippen LogP contribution in [0, 0.1) is 0 Å². The van der Waals surface area contributed by atoms with E-state index in [1.165, 1.54) is 0 Å². The average Bonchev–Trinajstić information content (AvgIpc) is 2.26. The van der Waals surface area contributed by atoms with Gasteiger partial charge in [0.2, 0.25) is 0 Å². The molecule has 0 radical (unpaired) electrons. The van der Waals surface area contributed by atoms with Gasteiger partial charge in [0.25, 0.3) is 0 Å². The molecule has 0 saturated heterocycles. The Balaban J connectivity index is 3.11. The molecular weight excluding hydrogens is 276 g/mol. The number of allylic oxidation sites excluding steroid dienone is 3. The van der Waals surface area contributed by atoms with E-state index in [9.17, 15) is 0 Å². The SMILES string of the molecule is C=C/C(C)=C(/Nc1ccc(N)cc1Br)C(=C)C. The van der Waals surface area contributed by atoms with Crippen LogP contribution < -0.4 is 11.1 Å². The summed E-state index contributed by atoms with van der Waals surface area (Å²) in [5.74, 6) is 0. The van der Waals surface area contributed by atoms with Crippen molar-refractivity contribution in [2.75, 3.05) is 11.1 Å². The predicted molar refractivity (Wildman–Crippen MR) is 79.9 cm³/mol. The molecule has 0 aliphatic rings. The highest BCUT2D eigenvalue weighted by Crippen LogP contribution is 2.27. The minimum Gasteiger partial charge on any atom is -0.399 e. The highest BCUT2D eigenvalue weighted by molar-refractivity contribution is 9.10. The van der Waals surface area contributed by atoms with Crippen molar-refractivity contribution in [3.05, 3.63) is 58.7 Å². The lowest BCUT2D eigenvalue weighted by Gasteiger charge is -2.15. The molecule has 0 bridgehead atoms. The van der Waals surface area contributed by atoms with Gasteiger partial charge in [-0.1, -0.05) is 19.2 Å². The number of benzene rings is 1. The standard InChI is InChI=1S/C14H17BrN2/c1-5-10(4)14(9(2)3)17-13-7-6-11(16)8-12(13)15/h5-8,17H,1-2,16H2,3-4H3/b14-10+. The average molecular weight is 293 g/mol. The van der Waals surface area contributed by atoms with Crippen LogP contribution in [0.1, 0.15) is 13.8 Å². The van der Waals surface area contributed by atoms with E-state index in [2.05, 4.69) is 34.4 Å². The van der Waals surface area contributed by atoms with Crippen molar-refractivity contribution in [3.63, 3.8) is 0 Å². The lowest BCUT2D eigenvalue weighted by atomic mass is 10.1. The number of nitrogens with two attached hydrogens (primary N) is 1. The first-order valence-corrected chi connectivity index (χ1v) is 6.06. The summed E-state index contributed by atoms with van der Waals surface area (Å²) in [4.78, 5) is 0. The maximum absolute atomic E-state index is 5.70. The molecule has 2 nitrogen and oxygen atoms in total. The Labute approximate surface area is 111 Å². The summed E-state index contributed by atoms with van der Waals surface area (Å²) in [7, 11) is 0. The van der Waals surface area contributed by atoms with E-state index in [-0.39, 0.29) is 0 Å². The van der Waals surface area contributed by atoms with Gasteiger partial charge in [-0.25, -0.2) is 0 Å². The fraction of sp³-hybridized carbons (Fsp3) is 0.143. The molecule has 17 heavy (non-hydrogen) atoms. The van der Waals surface area contributed by atoms with E-state index < -0.39 is 0 Å². The Morgan fingerprint density at radius 1 is 1.41 bits per heavy atom. The van der Waals surface area contributed by atoms with Crippen LogP contribution in [0.25, 0.3) is 0 Å². The van der Waals surface area contributed by atoms with Crippen LogP contribution in [-0.2, 0) is 0 Å². The maximum atomic E-state index is 5.70. The van der Waals surface area contributed by atoms with E-state index in [0.717, 1.165) is 32.7 Å². The number of hydrogen-bond acceptors (Lipinski definition) is 2. The Bertz CT molecular complexity index is 487.